The van der Waals surface area contributed by atoms with Gasteiger partial charge in [0.15, 0.2) is 5.69 Å². The van der Waals surface area contributed by atoms with Crippen LogP contribution in [0.5, 0.6) is 0 Å². The van der Waals surface area contributed by atoms with E-state index < -0.39 is 5.97 Å². The molecule has 2 rings (SSSR count). The van der Waals surface area contributed by atoms with Crippen LogP contribution in [0.4, 0.5) is 0 Å². The Bertz CT molecular complexity index is 360. The second-order valence-corrected chi connectivity index (χ2v) is 3.30. The number of esters is 1. The Hall–Kier alpha value is -1.07. The molecule has 0 bridgehead atoms. The average molecular weight is 233 g/mol. The second-order valence-electron chi connectivity index (χ2n) is 3.30. The molecular formula is C9H13ClN2O3. The number of aryl methyl sites for hydroxylation is 1. The zero-order valence-corrected chi connectivity index (χ0v) is 9.39. The van der Waals surface area contributed by atoms with Crippen LogP contribution in [-0.2, 0) is 4.74 Å². The van der Waals surface area contributed by atoms with Crippen LogP contribution in [-0.4, -0.2) is 31.2 Å². The summed E-state index contributed by atoms with van der Waals surface area (Å²) in [4.78, 5) is 15.3. The van der Waals surface area contributed by atoms with Crippen molar-refractivity contribution in [1.29, 1.82) is 0 Å². The third kappa shape index (κ3) is 2.13. The lowest BCUT2D eigenvalue weighted by atomic mass is 10.0. The SMILES string of the molecule is COC(=O)c1nc(C2CNC2)oc1C.Cl. The summed E-state index contributed by atoms with van der Waals surface area (Å²) >= 11 is 0. The molecule has 2 heterocycles. The molecule has 15 heavy (non-hydrogen) atoms. The highest BCUT2D eigenvalue weighted by Gasteiger charge is 2.27. The Morgan fingerprint density at radius 2 is 2.27 bits per heavy atom. The van der Waals surface area contributed by atoms with Crippen LogP contribution in [0.15, 0.2) is 4.42 Å². The molecule has 0 aromatic carbocycles. The molecule has 0 amide bonds. The molecule has 1 fully saturated rings. The van der Waals surface area contributed by atoms with Crippen molar-refractivity contribution in [2.75, 3.05) is 20.2 Å². The maximum Gasteiger partial charge on any atom is 0.360 e. The highest BCUT2D eigenvalue weighted by atomic mass is 35.5. The fourth-order valence-corrected chi connectivity index (χ4v) is 1.34. The van der Waals surface area contributed by atoms with Crippen molar-refractivity contribution >= 4 is 18.4 Å². The number of halogens is 1. The Kier molecular flexibility index (Phi) is 3.71. The smallest absolute Gasteiger partial charge is 0.360 e. The van der Waals surface area contributed by atoms with E-state index in [1.165, 1.54) is 7.11 Å². The van der Waals surface area contributed by atoms with E-state index in [4.69, 9.17) is 4.42 Å². The highest BCUT2D eigenvalue weighted by Crippen LogP contribution is 2.21. The molecule has 1 saturated heterocycles. The van der Waals surface area contributed by atoms with Gasteiger partial charge in [0, 0.05) is 13.1 Å². The standard InChI is InChI=1S/C9H12N2O3.ClH/c1-5-7(9(12)13-2)11-8(14-5)6-3-10-4-6;/h6,10H,3-4H2,1-2H3;1H. The first-order valence-electron chi connectivity index (χ1n) is 4.48. The maximum atomic E-state index is 11.2. The number of nitrogens with zero attached hydrogens (tertiary/aromatic N) is 1. The molecule has 1 aliphatic rings. The first-order valence-corrected chi connectivity index (χ1v) is 4.48. The van der Waals surface area contributed by atoms with Crippen molar-refractivity contribution in [3.8, 4) is 0 Å². The van der Waals surface area contributed by atoms with E-state index in [2.05, 4.69) is 15.0 Å². The van der Waals surface area contributed by atoms with E-state index in [1.54, 1.807) is 6.92 Å². The van der Waals surface area contributed by atoms with Gasteiger partial charge in [-0.2, -0.15) is 0 Å². The van der Waals surface area contributed by atoms with Gasteiger partial charge >= 0.3 is 5.97 Å². The van der Waals surface area contributed by atoms with Crippen LogP contribution < -0.4 is 5.32 Å². The van der Waals surface area contributed by atoms with Gasteiger partial charge in [-0.15, -0.1) is 12.4 Å². The molecule has 1 aromatic rings. The minimum atomic E-state index is -0.440. The minimum absolute atomic E-state index is 0. The summed E-state index contributed by atoms with van der Waals surface area (Å²) in [5.41, 5.74) is 0.286. The molecule has 0 unspecified atom stereocenters. The van der Waals surface area contributed by atoms with Crippen molar-refractivity contribution in [2.24, 2.45) is 0 Å². The number of methoxy groups -OCH3 is 1. The van der Waals surface area contributed by atoms with E-state index in [1.807, 2.05) is 0 Å². The topological polar surface area (TPSA) is 64.4 Å². The van der Waals surface area contributed by atoms with E-state index >= 15 is 0 Å². The molecule has 84 valence electrons. The van der Waals surface area contributed by atoms with Gasteiger partial charge in [0.05, 0.1) is 13.0 Å². The van der Waals surface area contributed by atoms with Crippen LogP contribution in [0.3, 0.4) is 0 Å². The lowest BCUT2D eigenvalue weighted by molar-refractivity contribution is 0.0593. The molecular weight excluding hydrogens is 220 g/mol. The average Bonchev–Trinajstić information content (AvgIpc) is 2.43. The van der Waals surface area contributed by atoms with Crippen molar-refractivity contribution in [3.63, 3.8) is 0 Å². The lowest BCUT2D eigenvalue weighted by Gasteiger charge is -2.23. The quantitative estimate of drug-likeness (QED) is 0.767. The first-order chi connectivity index (χ1) is 6.72. The zero-order chi connectivity index (χ0) is 10.1. The monoisotopic (exact) mass is 232 g/mol. The van der Waals surface area contributed by atoms with Crippen LogP contribution in [0.25, 0.3) is 0 Å². The Morgan fingerprint density at radius 1 is 1.60 bits per heavy atom. The van der Waals surface area contributed by atoms with Crippen molar-refractivity contribution in [1.82, 2.24) is 10.3 Å². The second kappa shape index (κ2) is 4.63. The lowest BCUT2D eigenvalue weighted by Crippen LogP contribution is -2.40. The number of nitrogens with one attached hydrogen (secondary N) is 1. The molecule has 0 saturated carbocycles. The van der Waals surface area contributed by atoms with Crippen LogP contribution in [0.2, 0.25) is 0 Å². The predicted octanol–water partition coefficient (Wildman–Crippen LogP) is 0.878. The van der Waals surface area contributed by atoms with Crippen LogP contribution in [0, 0.1) is 6.92 Å². The van der Waals surface area contributed by atoms with Gasteiger partial charge in [0.25, 0.3) is 0 Å². The molecule has 0 aliphatic carbocycles. The fourth-order valence-electron chi connectivity index (χ4n) is 1.34. The van der Waals surface area contributed by atoms with Gasteiger partial charge in [0.1, 0.15) is 5.76 Å². The number of oxazole rings is 1. The van der Waals surface area contributed by atoms with Gasteiger partial charge < -0.3 is 14.5 Å². The number of hydrogen-bond donors (Lipinski definition) is 1. The largest absolute Gasteiger partial charge is 0.464 e. The zero-order valence-electron chi connectivity index (χ0n) is 8.57. The van der Waals surface area contributed by atoms with E-state index in [-0.39, 0.29) is 18.1 Å². The summed E-state index contributed by atoms with van der Waals surface area (Å²) in [5.74, 6) is 1.01. The number of carbonyl (C=O) groups is 1. The van der Waals surface area contributed by atoms with Gasteiger partial charge in [-0.1, -0.05) is 0 Å². The third-order valence-corrected chi connectivity index (χ3v) is 2.32. The van der Waals surface area contributed by atoms with Crippen molar-refractivity contribution < 1.29 is 13.9 Å². The Balaban J connectivity index is 0.00000112. The first kappa shape index (κ1) is 12.0. The number of hydrogen-bond acceptors (Lipinski definition) is 5. The van der Waals surface area contributed by atoms with Crippen molar-refractivity contribution in [2.45, 2.75) is 12.8 Å². The van der Waals surface area contributed by atoms with Gasteiger partial charge in [0.2, 0.25) is 5.89 Å². The summed E-state index contributed by atoms with van der Waals surface area (Å²) in [6, 6.07) is 0. The van der Waals surface area contributed by atoms with E-state index in [9.17, 15) is 4.79 Å². The minimum Gasteiger partial charge on any atom is -0.464 e. The van der Waals surface area contributed by atoms with Gasteiger partial charge in [-0.25, -0.2) is 9.78 Å². The van der Waals surface area contributed by atoms with Gasteiger partial charge in [-0.3, -0.25) is 0 Å². The van der Waals surface area contributed by atoms with E-state index in [0.717, 1.165) is 13.1 Å². The predicted molar refractivity (Wildman–Crippen MR) is 55.4 cm³/mol. The number of ether oxygens (including phenoxy) is 1. The maximum absolute atomic E-state index is 11.2. The van der Waals surface area contributed by atoms with Gasteiger partial charge in [-0.05, 0) is 6.92 Å². The summed E-state index contributed by atoms with van der Waals surface area (Å²) in [6.07, 6.45) is 0. The van der Waals surface area contributed by atoms with Crippen LogP contribution in [0.1, 0.15) is 28.1 Å². The molecule has 0 spiro atoms. The van der Waals surface area contributed by atoms with Crippen molar-refractivity contribution in [3.05, 3.63) is 17.3 Å². The molecule has 0 radical (unpaired) electrons. The summed E-state index contributed by atoms with van der Waals surface area (Å²) < 4.78 is 9.97. The molecule has 1 aromatic heterocycles. The molecule has 0 atom stereocenters. The normalized spacial score (nSPS) is 15.3. The third-order valence-electron chi connectivity index (χ3n) is 2.32. The number of rotatable bonds is 2. The molecule has 1 N–H and O–H groups in total. The fraction of sp³-hybridized carbons (Fsp3) is 0.556. The number of aromatic nitrogens is 1. The molecule has 6 heteroatoms. The highest BCUT2D eigenvalue weighted by molar-refractivity contribution is 5.88. The molecule has 5 nitrogen and oxygen atoms in total. The van der Waals surface area contributed by atoms with E-state index in [0.29, 0.717) is 17.6 Å². The summed E-state index contributed by atoms with van der Waals surface area (Å²) in [5, 5.41) is 3.12. The number of carbonyl (C=O) groups excluding carboxylic acids is 1. The summed E-state index contributed by atoms with van der Waals surface area (Å²) in [6.45, 7) is 3.44. The Labute approximate surface area is 93.6 Å². The summed E-state index contributed by atoms with van der Waals surface area (Å²) in [7, 11) is 1.33. The van der Waals surface area contributed by atoms with Crippen LogP contribution >= 0.6 is 12.4 Å². The molecule has 1 aliphatic heterocycles. The Morgan fingerprint density at radius 3 is 2.73 bits per heavy atom.